The van der Waals surface area contributed by atoms with Gasteiger partial charge in [-0.05, 0) is 36.8 Å². The molecule has 0 bridgehead atoms. The number of benzene rings is 1. The van der Waals surface area contributed by atoms with Crippen LogP contribution < -0.4 is 16.4 Å². The lowest BCUT2D eigenvalue weighted by Crippen LogP contribution is -2.15. The lowest BCUT2D eigenvalue weighted by atomic mass is 10.2. The molecule has 1 heterocycles. The van der Waals surface area contributed by atoms with Gasteiger partial charge in [-0.1, -0.05) is 18.7 Å². The molecule has 0 aliphatic carbocycles. The molecule has 1 amide bonds. The van der Waals surface area contributed by atoms with Gasteiger partial charge in [0.25, 0.3) is 6.47 Å². The molecule has 0 fully saturated rings. The number of nitrogens with one attached hydrogen (secondary N) is 2. The van der Waals surface area contributed by atoms with E-state index in [1.807, 2.05) is 0 Å². The van der Waals surface area contributed by atoms with Crippen molar-refractivity contribution >= 4 is 35.9 Å². The molecule has 0 aliphatic heterocycles. The molecule has 2 rings (SSSR count). The van der Waals surface area contributed by atoms with E-state index in [4.69, 9.17) is 25.5 Å². The Bertz CT molecular complexity index is 830. The number of carbonyl (C=O) groups excluding carboxylic acids is 1. The summed E-state index contributed by atoms with van der Waals surface area (Å²) in [6.07, 6.45) is 0.253. The molecule has 0 atom stereocenters. The van der Waals surface area contributed by atoms with Crippen LogP contribution in [0.3, 0.4) is 0 Å². The van der Waals surface area contributed by atoms with Gasteiger partial charge in [0.05, 0.1) is 12.3 Å². The van der Waals surface area contributed by atoms with Crippen molar-refractivity contribution in [1.29, 1.82) is 0 Å². The molecule has 0 unspecified atom stereocenters. The monoisotopic (exact) mass is 422 g/mol. The van der Waals surface area contributed by atoms with Crippen LogP contribution in [-0.4, -0.2) is 40.3 Å². The summed E-state index contributed by atoms with van der Waals surface area (Å²) in [5.74, 6) is -0.529. The summed E-state index contributed by atoms with van der Waals surface area (Å²) in [7, 11) is 0. The van der Waals surface area contributed by atoms with Crippen LogP contribution in [0.5, 0.6) is 0 Å². The highest BCUT2D eigenvalue weighted by molar-refractivity contribution is 5.88. The second-order valence-electron chi connectivity index (χ2n) is 5.10. The van der Waals surface area contributed by atoms with Crippen LogP contribution in [0.25, 0.3) is 0 Å². The van der Waals surface area contributed by atoms with Crippen molar-refractivity contribution in [3.63, 3.8) is 0 Å². The standard InChI is InChI=1S/C15H17FN4O2.C3H4O2.CH2O2/c1-2-22-15(21)19-12-7-8-13(20-14(12)17)18-9-10-3-5-11(16)6-4-10;1-2-3(4)5;2-1-3/h3-8H,2,9H2,1H3,(H,19,21)(H3,17,18,20);2H,1H2,(H,4,5);1H,(H,2,3). The van der Waals surface area contributed by atoms with Crippen LogP contribution in [0.4, 0.5) is 26.5 Å². The summed E-state index contributed by atoms with van der Waals surface area (Å²) >= 11 is 0. The van der Waals surface area contributed by atoms with Gasteiger partial charge in [0, 0.05) is 12.6 Å². The number of carboxylic acid groups (broad SMARTS) is 2. The number of halogens is 1. The van der Waals surface area contributed by atoms with Gasteiger partial charge in [-0.2, -0.15) is 0 Å². The van der Waals surface area contributed by atoms with Crippen molar-refractivity contribution in [3.05, 3.63) is 60.4 Å². The number of rotatable bonds is 6. The van der Waals surface area contributed by atoms with Crippen molar-refractivity contribution in [2.75, 3.05) is 23.0 Å². The maximum absolute atomic E-state index is 12.8. The van der Waals surface area contributed by atoms with E-state index >= 15 is 0 Å². The lowest BCUT2D eigenvalue weighted by Gasteiger charge is -2.10. The Hall–Kier alpha value is -4.15. The van der Waals surface area contributed by atoms with Gasteiger partial charge >= 0.3 is 12.1 Å². The Morgan fingerprint density at radius 1 is 1.27 bits per heavy atom. The number of ether oxygens (including phenoxy) is 1. The number of aliphatic carboxylic acids is 1. The van der Waals surface area contributed by atoms with Crippen molar-refractivity contribution in [2.45, 2.75) is 13.5 Å². The molecule has 0 spiro atoms. The molecular formula is C19H23FN4O6. The largest absolute Gasteiger partial charge is 0.483 e. The number of nitrogen functional groups attached to an aromatic ring is 1. The number of aromatic nitrogens is 1. The number of nitrogens with zero attached hydrogens (tertiary/aromatic N) is 1. The van der Waals surface area contributed by atoms with Crippen molar-refractivity contribution in [2.24, 2.45) is 0 Å². The van der Waals surface area contributed by atoms with Gasteiger partial charge in [-0.3, -0.25) is 10.1 Å². The third kappa shape index (κ3) is 11.5. The summed E-state index contributed by atoms with van der Waals surface area (Å²) in [6, 6.07) is 9.47. The number of carbonyl (C=O) groups is 3. The van der Waals surface area contributed by atoms with Crippen LogP contribution in [0, 0.1) is 5.82 Å². The Morgan fingerprint density at radius 2 is 1.83 bits per heavy atom. The second-order valence-corrected chi connectivity index (χ2v) is 5.10. The fraction of sp³-hybridized carbons (Fsp3) is 0.158. The highest BCUT2D eigenvalue weighted by atomic mass is 19.1. The van der Waals surface area contributed by atoms with Gasteiger partial charge in [-0.15, -0.1) is 0 Å². The lowest BCUT2D eigenvalue weighted by molar-refractivity contribution is -0.131. The molecule has 0 aliphatic rings. The number of hydrogen-bond acceptors (Lipinski definition) is 7. The van der Waals surface area contributed by atoms with E-state index in [1.165, 1.54) is 12.1 Å². The summed E-state index contributed by atoms with van der Waals surface area (Å²) < 4.78 is 17.6. The van der Waals surface area contributed by atoms with E-state index in [0.29, 0.717) is 18.1 Å². The van der Waals surface area contributed by atoms with Gasteiger partial charge < -0.3 is 26.0 Å². The van der Waals surface area contributed by atoms with Crippen molar-refractivity contribution < 1.29 is 33.7 Å². The maximum atomic E-state index is 12.8. The zero-order valence-corrected chi connectivity index (χ0v) is 16.2. The highest BCUT2D eigenvalue weighted by Gasteiger charge is 2.07. The first-order valence-corrected chi connectivity index (χ1v) is 8.39. The predicted octanol–water partition coefficient (Wildman–Crippen LogP) is 2.94. The van der Waals surface area contributed by atoms with E-state index < -0.39 is 12.1 Å². The van der Waals surface area contributed by atoms with E-state index in [2.05, 4.69) is 22.2 Å². The van der Waals surface area contributed by atoms with E-state index in [-0.39, 0.29) is 24.7 Å². The number of anilines is 3. The maximum Gasteiger partial charge on any atom is 0.411 e. The first-order chi connectivity index (χ1) is 14.3. The number of amides is 1. The topological polar surface area (TPSA) is 164 Å². The zero-order valence-electron chi connectivity index (χ0n) is 16.2. The van der Waals surface area contributed by atoms with Crippen LogP contribution in [0.15, 0.2) is 49.1 Å². The Labute approximate surface area is 172 Å². The molecule has 1 aromatic heterocycles. The van der Waals surface area contributed by atoms with Crippen molar-refractivity contribution in [1.82, 2.24) is 4.98 Å². The average Bonchev–Trinajstić information content (AvgIpc) is 2.70. The number of nitrogens with two attached hydrogens (primary N) is 1. The molecule has 0 saturated carbocycles. The van der Waals surface area contributed by atoms with Crippen LogP contribution in [0.1, 0.15) is 12.5 Å². The Balaban J connectivity index is 0.000000902. The summed E-state index contributed by atoms with van der Waals surface area (Å²) in [6.45, 7) is 5.18. The first kappa shape index (κ1) is 25.9. The molecule has 1 aromatic carbocycles. The summed E-state index contributed by atoms with van der Waals surface area (Å²) in [4.78, 5) is 33.1. The molecule has 162 valence electrons. The van der Waals surface area contributed by atoms with E-state index in [9.17, 15) is 14.0 Å². The van der Waals surface area contributed by atoms with E-state index in [0.717, 1.165) is 11.6 Å². The average molecular weight is 422 g/mol. The minimum absolute atomic E-state index is 0.178. The SMILES string of the molecule is C=CC(=O)O.CCOC(=O)Nc1ccc(NCc2ccc(F)cc2)nc1N.O=CO. The quantitative estimate of drug-likeness (QED) is 0.348. The number of carboxylic acids is 1. The number of pyridine rings is 1. The normalized spacial score (nSPS) is 8.87. The summed E-state index contributed by atoms with van der Waals surface area (Å²) in [5.41, 5.74) is 7.08. The minimum atomic E-state index is -0.981. The molecule has 30 heavy (non-hydrogen) atoms. The molecular weight excluding hydrogens is 399 g/mol. The molecule has 2 aromatic rings. The molecule has 10 nitrogen and oxygen atoms in total. The van der Waals surface area contributed by atoms with Gasteiger partial charge in [0.15, 0.2) is 0 Å². The van der Waals surface area contributed by atoms with Crippen LogP contribution in [-0.2, 0) is 20.9 Å². The molecule has 0 radical (unpaired) electrons. The highest BCUT2D eigenvalue weighted by Crippen LogP contribution is 2.19. The zero-order chi connectivity index (χ0) is 22.9. The number of hydrogen-bond donors (Lipinski definition) is 5. The van der Waals surface area contributed by atoms with Crippen molar-refractivity contribution in [3.8, 4) is 0 Å². The molecule has 0 saturated heterocycles. The van der Waals surface area contributed by atoms with Gasteiger partial charge in [0.1, 0.15) is 17.5 Å². The predicted molar refractivity (Wildman–Crippen MR) is 110 cm³/mol. The fourth-order valence-corrected chi connectivity index (χ4v) is 1.75. The van der Waals surface area contributed by atoms with Gasteiger partial charge in [0.2, 0.25) is 0 Å². The fourth-order valence-electron chi connectivity index (χ4n) is 1.75. The second kappa shape index (κ2) is 14.9. The minimum Gasteiger partial charge on any atom is -0.483 e. The summed E-state index contributed by atoms with van der Waals surface area (Å²) in [5, 5.41) is 20.1. The molecule has 11 heteroatoms. The van der Waals surface area contributed by atoms with E-state index in [1.54, 1.807) is 31.2 Å². The van der Waals surface area contributed by atoms with Crippen LogP contribution in [0.2, 0.25) is 0 Å². The Morgan fingerprint density at radius 3 is 2.30 bits per heavy atom. The third-order valence-electron chi connectivity index (χ3n) is 3.00. The van der Waals surface area contributed by atoms with Gasteiger partial charge in [-0.25, -0.2) is 19.0 Å². The first-order valence-electron chi connectivity index (χ1n) is 8.39. The van der Waals surface area contributed by atoms with Crippen LogP contribution >= 0.6 is 0 Å². The smallest absolute Gasteiger partial charge is 0.411 e. The third-order valence-corrected chi connectivity index (χ3v) is 3.00. The molecule has 6 N–H and O–H groups in total. The Kier molecular flexibility index (Phi) is 12.8.